The Kier molecular flexibility index (Phi) is 3.31. The monoisotopic (exact) mass is 246 g/mol. The summed E-state index contributed by atoms with van der Waals surface area (Å²) >= 11 is 0. The second-order valence-electron chi connectivity index (χ2n) is 5.20. The Bertz CT molecular complexity index is 432. The zero-order valence-corrected chi connectivity index (χ0v) is 10.6. The van der Waals surface area contributed by atoms with E-state index in [1.807, 2.05) is 12.1 Å². The van der Waals surface area contributed by atoms with Crippen molar-refractivity contribution in [2.24, 2.45) is 10.9 Å². The number of benzene rings is 1. The average Bonchev–Trinajstić information content (AvgIpc) is 2.90. The summed E-state index contributed by atoms with van der Waals surface area (Å²) in [6, 6.07) is 6.79. The third-order valence-corrected chi connectivity index (χ3v) is 3.98. The van der Waals surface area contributed by atoms with Gasteiger partial charge < -0.3 is 4.90 Å². The third-order valence-electron chi connectivity index (χ3n) is 3.98. The highest BCUT2D eigenvalue weighted by Gasteiger charge is 2.27. The van der Waals surface area contributed by atoms with E-state index < -0.39 is 0 Å². The van der Waals surface area contributed by atoms with Crippen LogP contribution in [-0.4, -0.2) is 18.9 Å². The number of anilines is 1. The summed E-state index contributed by atoms with van der Waals surface area (Å²) in [5, 5.41) is 0. The van der Waals surface area contributed by atoms with Crippen LogP contribution in [0.15, 0.2) is 29.3 Å². The highest BCUT2D eigenvalue weighted by atomic mass is 19.1. The maximum Gasteiger partial charge on any atom is 0.123 e. The lowest BCUT2D eigenvalue weighted by molar-refractivity contribution is 0.437. The van der Waals surface area contributed by atoms with E-state index in [9.17, 15) is 4.39 Å². The molecule has 1 aromatic carbocycles. The molecule has 3 rings (SSSR count). The third kappa shape index (κ3) is 2.26. The molecule has 0 aromatic heterocycles. The number of rotatable bonds is 2. The summed E-state index contributed by atoms with van der Waals surface area (Å²) in [4.78, 5) is 6.96. The molecule has 0 atom stereocenters. The van der Waals surface area contributed by atoms with Crippen molar-refractivity contribution < 1.29 is 4.39 Å². The molecule has 0 unspecified atom stereocenters. The maximum absolute atomic E-state index is 13.0. The van der Waals surface area contributed by atoms with Crippen LogP contribution in [0.1, 0.15) is 32.1 Å². The number of aliphatic imine (C=N–C) groups is 1. The number of halogens is 1. The zero-order valence-electron chi connectivity index (χ0n) is 10.6. The van der Waals surface area contributed by atoms with E-state index in [0.29, 0.717) is 5.92 Å². The first-order valence-corrected chi connectivity index (χ1v) is 6.92. The van der Waals surface area contributed by atoms with Crippen molar-refractivity contribution in [2.75, 3.05) is 18.0 Å². The molecule has 0 amide bonds. The van der Waals surface area contributed by atoms with Gasteiger partial charge in [-0.15, -0.1) is 0 Å². The fraction of sp³-hybridized carbons (Fsp3) is 0.533. The van der Waals surface area contributed by atoms with Gasteiger partial charge in [0.15, 0.2) is 0 Å². The smallest absolute Gasteiger partial charge is 0.123 e. The van der Waals surface area contributed by atoms with Gasteiger partial charge in [0.05, 0.1) is 6.54 Å². The van der Waals surface area contributed by atoms with Gasteiger partial charge in [-0.3, -0.25) is 4.99 Å². The lowest BCUT2D eigenvalue weighted by atomic mass is 9.88. The average molecular weight is 246 g/mol. The Hall–Kier alpha value is -1.38. The minimum atomic E-state index is -0.172. The second-order valence-corrected chi connectivity index (χ2v) is 5.20. The van der Waals surface area contributed by atoms with E-state index in [1.54, 1.807) is 0 Å². The van der Waals surface area contributed by atoms with Crippen LogP contribution in [0.3, 0.4) is 0 Å². The van der Waals surface area contributed by atoms with E-state index in [-0.39, 0.29) is 5.82 Å². The lowest BCUT2D eigenvalue weighted by Gasteiger charge is -2.29. The lowest BCUT2D eigenvalue weighted by Crippen LogP contribution is -2.34. The van der Waals surface area contributed by atoms with Gasteiger partial charge in [-0.05, 0) is 37.1 Å². The molecule has 1 aromatic rings. The molecular formula is C15H19FN2. The van der Waals surface area contributed by atoms with Crippen LogP contribution in [-0.2, 0) is 0 Å². The molecule has 18 heavy (non-hydrogen) atoms. The first kappa shape index (κ1) is 11.7. The van der Waals surface area contributed by atoms with E-state index in [0.717, 1.165) is 18.8 Å². The molecule has 0 saturated heterocycles. The molecule has 0 bridgehead atoms. The first-order valence-electron chi connectivity index (χ1n) is 6.92. The maximum atomic E-state index is 13.0. The van der Waals surface area contributed by atoms with Crippen LogP contribution in [0.2, 0.25) is 0 Å². The highest BCUT2D eigenvalue weighted by Crippen LogP contribution is 2.30. The summed E-state index contributed by atoms with van der Waals surface area (Å²) in [6.07, 6.45) is 6.52. The Balaban J connectivity index is 1.79. The molecular weight excluding hydrogens is 227 g/mol. The molecule has 3 heteroatoms. The van der Waals surface area contributed by atoms with Crippen molar-refractivity contribution in [2.45, 2.75) is 32.1 Å². The van der Waals surface area contributed by atoms with Crippen molar-refractivity contribution in [1.82, 2.24) is 0 Å². The molecule has 2 nitrogen and oxygen atoms in total. The summed E-state index contributed by atoms with van der Waals surface area (Å²) in [7, 11) is 0. The fourth-order valence-corrected chi connectivity index (χ4v) is 3.06. The zero-order chi connectivity index (χ0) is 12.4. The van der Waals surface area contributed by atoms with Gasteiger partial charge in [-0.2, -0.15) is 0 Å². The van der Waals surface area contributed by atoms with E-state index in [2.05, 4.69) is 9.89 Å². The Labute approximate surface area is 108 Å². The van der Waals surface area contributed by atoms with Crippen molar-refractivity contribution in [1.29, 1.82) is 0 Å². The molecule has 2 aliphatic rings. The van der Waals surface area contributed by atoms with Gasteiger partial charge in [0, 0.05) is 18.2 Å². The highest BCUT2D eigenvalue weighted by molar-refractivity contribution is 6.00. The molecule has 1 saturated carbocycles. The van der Waals surface area contributed by atoms with Crippen molar-refractivity contribution >= 4 is 11.5 Å². The number of hydrogen-bond acceptors (Lipinski definition) is 2. The van der Waals surface area contributed by atoms with Gasteiger partial charge >= 0.3 is 0 Å². The van der Waals surface area contributed by atoms with Gasteiger partial charge in [0.25, 0.3) is 0 Å². The standard InChI is InChI=1S/C15H19FN2/c16-13-6-8-14(9-7-13)18-11-10-17-15(18)12-4-2-1-3-5-12/h6-9,12H,1-5,10-11H2. The van der Waals surface area contributed by atoms with E-state index in [4.69, 9.17) is 0 Å². The van der Waals surface area contributed by atoms with Gasteiger partial charge in [-0.25, -0.2) is 4.39 Å². The first-order chi connectivity index (χ1) is 8.84. The van der Waals surface area contributed by atoms with Crippen LogP contribution < -0.4 is 4.90 Å². The molecule has 1 heterocycles. The molecule has 1 aliphatic heterocycles. The van der Waals surface area contributed by atoms with Crippen molar-refractivity contribution in [3.05, 3.63) is 30.1 Å². The van der Waals surface area contributed by atoms with E-state index >= 15 is 0 Å². The topological polar surface area (TPSA) is 15.6 Å². The molecule has 96 valence electrons. The molecule has 0 N–H and O–H groups in total. The largest absolute Gasteiger partial charge is 0.328 e. The van der Waals surface area contributed by atoms with Crippen LogP contribution in [0.4, 0.5) is 10.1 Å². The summed E-state index contributed by atoms with van der Waals surface area (Å²) < 4.78 is 13.0. The van der Waals surface area contributed by atoms with Crippen molar-refractivity contribution in [3.8, 4) is 0 Å². The van der Waals surface area contributed by atoms with Crippen molar-refractivity contribution in [3.63, 3.8) is 0 Å². The minimum absolute atomic E-state index is 0.172. The van der Waals surface area contributed by atoms with Crippen LogP contribution >= 0.6 is 0 Å². The minimum Gasteiger partial charge on any atom is -0.328 e. The second kappa shape index (κ2) is 5.09. The molecule has 0 radical (unpaired) electrons. The van der Waals surface area contributed by atoms with Crippen LogP contribution in [0, 0.1) is 11.7 Å². The van der Waals surface area contributed by atoms with Crippen LogP contribution in [0.25, 0.3) is 0 Å². The predicted octanol–water partition coefficient (Wildman–Crippen LogP) is 3.62. The number of amidine groups is 1. The number of nitrogens with zero attached hydrogens (tertiary/aromatic N) is 2. The molecule has 0 spiro atoms. The summed E-state index contributed by atoms with van der Waals surface area (Å²) in [6.45, 7) is 1.82. The Morgan fingerprint density at radius 2 is 1.78 bits per heavy atom. The predicted molar refractivity (Wildman–Crippen MR) is 72.6 cm³/mol. The number of hydrogen-bond donors (Lipinski definition) is 0. The summed E-state index contributed by atoms with van der Waals surface area (Å²) in [5.74, 6) is 1.68. The molecule has 1 fully saturated rings. The Morgan fingerprint density at radius 1 is 1.06 bits per heavy atom. The molecule has 1 aliphatic carbocycles. The Morgan fingerprint density at radius 3 is 2.50 bits per heavy atom. The summed E-state index contributed by atoms with van der Waals surface area (Å²) in [5.41, 5.74) is 1.08. The van der Waals surface area contributed by atoms with Gasteiger partial charge in [-0.1, -0.05) is 19.3 Å². The van der Waals surface area contributed by atoms with Gasteiger partial charge in [0.2, 0.25) is 0 Å². The van der Waals surface area contributed by atoms with Gasteiger partial charge in [0.1, 0.15) is 11.7 Å². The SMILES string of the molecule is Fc1ccc(N2CCN=C2C2CCCCC2)cc1. The quantitative estimate of drug-likeness (QED) is 0.778. The van der Waals surface area contributed by atoms with E-state index in [1.165, 1.54) is 50.1 Å². The normalized spacial score (nSPS) is 21.2. The van der Waals surface area contributed by atoms with Crippen LogP contribution in [0.5, 0.6) is 0 Å². The fourth-order valence-electron chi connectivity index (χ4n) is 3.06.